The second kappa shape index (κ2) is 8.47. The summed E-state index contributed by atoms with van der Waals surface area (Å²) in [5, 5.41) is 9.61. The van der Waals surface area contributed by atoms with Crippen LogP contribution in [0.2, 0.25) is 0 Å². The van der Waals surface area contributed by atoms with E-state index in [2.05, 4.69) is 0 Å². The number of rotatable bonds is 7. The number of anilines is 2. The molecule has 0 amide bonds. The van der Waals surface area contributed by atoms with Gasteiger partial charge in [0, 0.05) is 4.88 Å². The minimum atomic E-state index is -2.39. The lowest BCUT2D eigenvalue weighted by Gasteiger charge is -2.21. The van der Waals surface area contributed by atoms with Gasteiger partial charge in [-0.05, 0) is 43.0 Å². The zero-order valence-corrected chi connectivity index (χ0v) is 16.3. The van der Waals surface area contributed by atoms with Gasteiger partial charge in [0.15, 0.2) is 0 Å². The van der Waals surface area contributed by atoms with Crippen molar-refractivity contribution in [3.63, 3.8) is 0 Å². The minimum absolute atomic E-state index is 0.0590. The van der Waals surface area contributed by atoms with Crippen molar-refractivity contribution in [2.24, 2.45) is 0 Å². The number of thiophene rings is 1. The largest absolute Gasteiger partial charge is 0.477 e. The number of para-hydroxylation sites is 1. The average molecular weight is 402 g/mol. The first-order chi connectivity index (χ1) is 13.0. The Morgan fingerprint density at radius 2 is 1.70 bits per heavy atom. The molecule has 2 aromatic carbocycles. The van der Waals surface area contributed by atoms with Crippen molar-refractivity contribution in [1.82, 2.24) is 0 Å². The van der Waals surface area contributed by atoms with Crippen LogP contribution in [0.25, 0.3) is 0 Å². The van der Waals surface area contributed by atoms with Crippen LogP contribution in [0.4, 0.5) is 11.4 Å². The molecular formula is C20H19NO4S2. The maximum absolute atomic E-state index is 12.1. The molecular weight excluding hydrogens is 382 g/mol. The fraction of sp³-hybridized carbons (Fsp3) is 0.150. The Kier molecular flexibility index (Phi) is 6.05. The van der Waals surface area contributed by atoms with Gasteiger partial charge in [0.1, 0.15) is 4.88 Å². The van der Waals surface area contributed by atoms with Crippen LogP contribution in [0.3, 0.4) is 0 Å². The Bertz CT molecular complexity index is 969. The lowest BCUT2D eigenvalue weighted by molar-refractivity contribution is 0.0703. The van der Waals surface area contributed by atoms with Crippen molar-refractivity contribution in [3.8, 4) is 0 Å². The maximum Gasteiger partial charge on any atom is 0.348 e. The van der Waals surface area contributed by atoms with E-state index in [4.69, 9.17) is 0 Å². The molecule has 140 valence electrons. The highest BCUT2D eigenvalue weighted by molar-refractivity contribution is 7.81. The lowest BCUT2D eigenvalue weighted by Crippen LogP contribution is -2.21. The highest BCUT2D eigenvalue weighted by atomic mass is 32.2. The molecule has 3 aromatic rings. The Labute approximate surface area is 164 Å². The number of carbonyl (C=O) groups is 1. The summed E-state index contributed by atoms with van der Waals surface area (Å²) in [7, 11) is 0. The standard InChI is InChI=1S/C20H19NO4S2/c1-14-7-5-6-10-17(14)21(27(24)25)18-13-16(26-19(18)20(22)23)12-11-15-8-3-2-4-9-15/h2-10,13H,11-12H2,1H3,(H,22,23)(H,24,25). The first kappa shape index (κ1) is 19.3. The molecule has 0 spiro atoms. The Hall–Kier alpha value is -2.48. The van der Waals surface area contributed by atoms with Crippen molar-refractivity contribution >= 4 is 39.9 Å². The van der Waals surface area contributed by atoms with Crippen molar-refractivity contribution in [2.75, 3.05) is 4.31 Å². The average Bonchev–Trinajstić information content (AvgIpc) is 3.06. The van der Waals surface area contributed by atoms with Gasteiger partial charge in [-0.15, -0.1) is 11.3 Å². The van der Waals surface area contributed by atoms with Gasteiger partial charge in [-0.1, -0.05) is 48.5 Å². The quantitative estimate of drug-likeness (QED) is 0.557. The van der Waals surface area contributed by atoms with Gasteiger partial charge < -0.3 is 5.11 Å². The highest BCUT2D eigenvalue weighted by Gasteiger charge is 2.26. The molecule has 1 aromatic heterocycles. The van der Waals surface area contributed by atoms with E-state index in [1.54, 1.807) is 18.2 Å². The Morgan fingerprint density at radius 3 is 2.33 bits per heavy atom. The fourth-order valence-corrected chi connectivity index (χ4v) is 4.58. The molecule has 7 heteroatoms. The SMILES string of the molecule is Cc1ccccc1N(c1cc(CCc2ccccc2)sc1C(=O)O)S(=O)O. The molecule has 0 saturated carbocycles. The van der Waals surface area contributed by atoms with Gasteiger partial charge in [0.25, 0.3) is 11.3 Å². The third kappa shape index (κ3) is 4.44. The van der Waals surface area contributed by atoms with Gasteiger partial charge in [0.2, 0.25) is 0 Å². The van der Waals surface area contributed by atoms with Crippen LogP contribution >= 0.6 is 11.3 Å². The van der Waals surface area contributed by atoms with Crippen molar-refractivity contribution in [2.45, 2.75) is 19.8 Å². The predicted molar refractivity (Wildman–Crippen MR) is 109 cm³/mol. The Morgan fingerprint density at radius 1 is 1.04 bits per heavy atom. The molecule has 0 bridgehead atoms. The van der Waals surface area contributed by atoms with Crippen LogP contribution in [-0.2, 0) is 24.1 Å². The zero-order chi connectivity index (χ0) is 19.4. The number of nitrogens with zero attached hydrogens (tertiary/aromatic N) is 1. The van der Waals surface area contributed by atoms with Gasteiger partial charge in [-0.25, -0.2) is 13.3 Å². The van der Waals surface area contributed by atoms with E-state index >= 15 is 0 Å². The number of carboxylic acid groups (broad SMARTS) is 1. The number of hydrogen-bond acceptors (Lipinski definition) is 3. The molecule has 0 saturated heterocycles. The topological polar surface area (TPSA) is 77.8 Å². The lowest BCUT2D eigenvalue weighted by atomic mass is 10.1. The molecule has 5 nitrogen and oxygen atoms in total. The zero-order valence-electron chi connectivity index (χ0n) is 14.7. The van der Waals surface area contributed by atoms with Crippen LogP contribution < -0.4 is 4.31 Å². The molecule has 0 aliphatic rings. The number of benzene rings is 2. The highest BCUT2D eigenvalue weighted by Crippen LogP contribution is 2.37. The third-order valence-corrected chi connectivity index (χ3v) is 6.05. The molecule has 0 aliphatic carbocycles. The number of aryl methyl sites for hydroxylation is 3. The van der Waals surface area contributed by atoms with E-state index in [0.29, 0.717) is 12.1 Å². The smallest absolute Gasteiger partial charge is 0.348 e. The maximum atomic E-state index is 12.1. The summed E-state index contributed by atoms with van der Waals surface area (Å²) < 4.78 is 23.1. The first-order valence-electron chi connectivity index (χ1n) is 8.34. The van der Waals surface area contributed by atoms with E-state index in [0.717, 1.165) is 33.8 Å². The van der Waals surface area contributed by atoms with E-state index in [9.17, 15) is 18.7 Å². The van der Waals surface area contributed by atoms with Crippen LogP contribution in [0.5, 0.6) is 0 Å². The summed E-state index contributed by atoms with van der Waals surface area (Å²) in [4.78, 5) is 12.7. The summed E-state index contributed by atoms with van der Waals surface area (Å²) in [6.45, 7) is 1.82. The molecule has 3 rings (SSSR count). The third-order valence-electron chi connectivity index (χ3n) is 4.17. The first-order valence-corrected chi connectivity index (χ1v) is 10.2. The monoisotopic (exact) mass is 401 g/mol. The molecule has 2 N–H and O–H groups in total. The van der Waals surface area contributed by atoms with E-state index in [-0.39, 0.29) is 10.6 Å². The van der Waals surface area contributed by atoms with E-state index in [1.165, 1.54) is 4.31 Å². The Balaban J connectivity index is 1.97. The summed E-state index contributed by atoms with van der Waals surface area (Å²) in [5.41, 5.74) is 2.69. The van der Waals surface area contributed by atoms with Gasteiger partial charge in [-0.2, -0.15) is 0 Å². The van der Waals surface area contributed by atoms with Crippen LogP contribution in [0.15, 0.2) is 60.7 Å². The fourth-order valence-electron chi connectivity index (χ4n) is 2.86. The summed E-state index contributed by atoms with van der Waals surface area (Å²) in [5.74, 6) is -1.11. The molecule has 0 aliphatic heterocycles. The van der Waals surface area contributed by atoms with E-state index in [1.807, 2.05) is 49.4 Å². The van der Waals surface area contributed by atoms with E-state index < -0.39 is 17.2 Å². The summed E-state index contributed by atoms with van der Waals surface area (Å²) in [6.07, 6.45) is 1.43. The second-order valence-electron chi connectivity index (χ2n) is 6.03. The molecule has 1 atom stereocenters. The van der Waals surface area contributed by atoms with Crippen molar-refractivity contribution < 1.29 is 18.7 Å². The van der Waals surface area contributed by atoms with Crippen LogP contribution in [0.1, 0.15) is 25.7 Å². The van der Waals surface area contributed by atoms with Crippen LogP contribution in [-0.4, -0.2) is 19.8 Å². The predicted octanol–water partition coefficient (Wildman–Crippen LogP) is 4.81. The van der Waals surface area contributed by atoms with Crippen molar-refractivity contribution in [1.29, 1.82) is 0 Å². The van der Waals surface area contributed by atoms with Crippen LogP contribution in [0, 0.1) is 6.92 Å². The number of carboxylic acids is 1. The number of hydrogen-bond donors (Lipinski definition) is 2. The second-order valence-corrected chi connectivity index (χ2v) is 7.99. The molecule has 1 unspecified atom stereocenters. The summed E-state index contributed by atoms with van der Waals surface area (Å²) in [6, 6.07) is 18.7. The van der Waals surface area contributed by atoms with Gasteiger partial charge in [0.05, 0.1) is 11.4 Å². The number of aromatic carboxylic acids is 1. The summed E-state index contributed by atoms with van der Waals surface area (Å²) >= 11 is -1.25. The van der Waals surface area contributed by atoms with Gasteiger partial charge in [-0.3, -0.25) is 4.55 Å². The molecule has 1 heterocycles. The normalized spacial score (nSPS) is 11.9. The molecule has 0 fully saturated rings. The molecule has 0 radical (unpaired) electrons. The molecule has 27 heavy (non-hydrogen) atoms. The van der Waals surface area contributed by atoms with Crippen molar-refractivity contribution in [3.05, 3.63) is 81.5 Å². The van der Waals surface area contributed by atoms with Gasteiger partial charge >= 0.3 is 5.97 Å². The minimum Gasteiger partial charge on any atom is -0.477 e.